The number of hydrogen-bond donors (Lipinski definition) is 6. The summed E-state index contributed by atoms with van der Waals surface area (Å²) in [5, 5.41) is 40.5. The first kappa shape index (κ1) is 72.2. The van der Waals surface area contributed by atoms with Crippen molar-refractivity contribution in [1.82, 2.24) is 53.0 Å². The van der Waals surface area contributed by atoms with Gasteiger partial charge in [-0.3, -0.25) is 47.6 Å². The summed E-state index contributed by atoms with van der Waals surface area (Å²) in [5.74, 6) is -0.770. The fraction of sp³-hybridized carbons (Fsp3) is 0.424. The number of nitrogens with zero attached hydrogens (tertiary/aromatic N) is 14. The number of benzene rings is 2. The van der Waals surface area contributed by atoms with Gasteiger partial charge in [-0.15, -0.1) is 0 Å². The van der Waals surface area contributed by atoms with E-state index in [0.717, 1.165) is 17.5 Å². The summed E-state index contributed by atoms with van der Waals surface area (Å²) >= 11 is 0. The molecule has 6 N–H and O–H groups in total. The van der Waals surface area contributed by atoms with Gasteiger partial charge in [-0.25, -0.2) is 28.8 Å². The van der Waals surface area contributed by atoms with Crippen LogP contribution in [0.1, 0.15) is 109 Å². The Kier molecular flexibility index (Phi) is 25.3. The lowest BCUT2D eigenvalue weighted by Crippen LogP contribution is -2.34. The monoisotopic (exact) mass is 1300 g/mol. The maximum atomic E-state index is 12.8. The zero-order valence-electron chi connectivity index (χ0n) is 51.3. The van der Waals surface area contributed by atoms with Gasteiger partial charge in [0.15, 0.2) is 23.5 Å². The number of aliphatic hydroxyl groups excluding tert-OH is 3. The number of H-pyrrole nitrogens is 3. The second-order valence-corrected chi connectivity index (χ2v) is 21.6. The highest BCUT2D eigenvalue weighted by Crippen LogP contribution is 2.55. The molecule has 0 spiro atoms. The zero-order valence-corrected chi connectivity index (χ0v) is 51.3. The Morgan fingerprint density at radius 3 is 1.48 bits per heavy atom. The molecule has 0 radical (unpaired) electrons. The number of aromatic nitrogens is 11. The van der Waals surface area contributed by atoms with E-state index >= 15 is 0 Å². The first-order valence-electron chi connectivity index (χ1n) is 28.9. The van der Waals surface area contributed by atoms with Crippen molar-refractivity contribution in [3.63, 3.8) is 0 Å². The van der Waals surface area contributed by atoms with Crippen molar-refractivity contribution < 1.29 is 53.4 Å². The molecule has 35 heteroatoms. The van der Waals surface area contributed by atoms with E-state index in [1.807, 2.05) is 88.4 Å². The van der Waals surface area contributed by atoms with Crippen LogP contribution in [0.2, 0.25) is 0 Å². The molecule has 94 heavy (non-hydrogen) atoms. The van der Waals surface area contributed by atoms with E-state index in [2.05, 4.69) is 56.6 Å². The summed E-state index contributed by atoms with van der Waals surface area (Å²) < 4.78 is 29.8. The lowest BCUT2D eigenvalue weighted by molar-refractivity contribution is -0.193. The molecule has 11 rings (SSSR count). The average Bonchev–Trinajstić information content (AvgIpc) is 1.60. The summed E-state index contributed by atoms with van der Waals surface area (Å²) in [6.45, 7) is 14.5. The van der Waals surface area contributed by atoms with Crippen LogP contribution in [0.15, 0.2) is 178 Å². The Labute approximate surface area is 530 Å². The SMILES string of the molecule is C=C1O[C@@H](n2ccc(=O)[nH]c2=O)[C@@H](C)[C@@H]1O.CCC[C@@]1(N=[N+]=[N-])O[C@@H](n2ccc(-n3cncn3)nc2=O)[C@@H](C)[C@@H]1c1ccccc1.CC[C@@]1(N=[N+]=[N-])O[C@@H](n2ccc(=O)[nH]c2=O)[C@@H](C)[C@@H]1c1ccccc1.C[C@H]1[C@H](O)[C@@H](CO)O[C@H]1n1ccc(=O)[nH]c1=O.O=C=O.O=C=O. The van der Waals surface area contributed by atoms with E-state index in [1.54, 1.807) is 26.1 Å². The van der Waals surface area contributed by atoms with E-state index in [4.69, 9.17) is 48.8 Å². The first-order valence-corrected chi connectivity index (χ1v) is 28.9. The number of hydrogen-bond acceptors (Lipinski definition) is 23. The van der Waals surface area contributed by atoms with E-state index < -0.39 is 94.1 Å². The topological polar surface area (TPSA) is 494 Å². The van der Waals surface area contributed by atoms with Crippen LogP contribution < -0.4 is 39.4 Å². The predicted molar refractivity (Wildman–Crippen MR) is 324 cm³/mol. The number of nitrogens with one attached hydrogen (secondary N) is 3. The largest absolute Gasteiger partial charge is 0.472 e. The third-order valence-corrected chi connectivity index (χ3v) is 16.0. The van der Waals surface area contributed by atoms with Crippen LogP contribution >= 0.6 is 0 Å². The number of azide groups is 2. The van der Waals surface area contributed by atoms with Crippen molar-refractivity contribution in [3.8, 4) is 5.82 Å². The number of aromatic amines is 3. The van der Waals surface area contributed by atoms with E-state index in [0.29, 0.717) is 18.7 Å². The minimum atomic E-state index is -1.10. The molecule has 496 valence electrons. The summed E-state index contributed by atoms with van der Waals surface area (Å²) in [4.78, 5) is 134. The summed E-state index contributed by atoms with van der Waals surface area (Å²) in [5.41, 5.74) is 14.6. The fourth-order valence-corrected chi connectivity index (χ4v) is 11.7. The maximum Gasteiger partial charge on any atom is 0.373 e. The number of carbonyl (C=O) groups excluding carboxylic acids is 4. The molecule has 0 unspecified atom stereocenters. The van der Waals surface area contributed by atoms with Gasteiger partial charge in [-0.2, -0.15) is 29.3 Å². The molecule has 0 amide bonds. The Morgan fingerprint density at radius 1 is 0.628 bits per heavy atom. The highest BCUT2D eigenvalue weighted by molar-refractivity contribution is 5.28. The quantitative estimate of drug-likeness (QED) is 0.0548. The third kappa shape index (κ3) is 16.3. The van der Waals surface area contributed by atoms with E-state index in [-0.39, 0.29) is 60.2 Å². The van der Waals surface area contributed by atoms with E-state index in [1.165, 1.54) is 72.4 Å². The summed E-state index contributed by atoms with van der Waals surface area (Å²) in [6.07, 6.45) is 5.84. The molecule has 4 saturated heterocycles. The molecule has 4 aliphatic heterocycles. The highest BCUT2D eigenvalue weighted by Gasteiger charge is 2.55. The smallest absolute Gasteiger partial charge is 0.373 e. The number of ether oxygens (including phenoxy) is 4. The highest BCUT2D eigenvalue weighted by atomic mass is 16.6. The van der Waals surface area contributed by atoms with Crippen molar-refractivity contribution in [2.45, 2.75) is 127 Å². The molecular weight excluding hydrogens is 1230 g/mol. The van der Waals surface area contributed by atoms with Crippen LogP contribution in [-0.4, -0.2) is 117 Å². The van der Waals surface area contributed by atoms with Crippen LogP contribution in [-0.2, 0) is 38.1 Å². The van der Waals surface area contributed by atoms with Gasteiger partial charge in [0.05, 0.1) is 12.7 Å². The Morgan fingerprint density at radius 2 is 1.07 bits per heavy atom. The normalized spacial score (nSPS) is 26.9. The van der Waals surface area contributed by atoms with Crippen LogP contribution in [0.25, 0.3) is 26.7 Å². The molecule has 7 aromatic rings. The Balaban J connectivity index is 0.000000198. The van der Waals surface area contributed by atoms with Crippen molar-refractivity contribution in [1.29, 1.82) is 0 Å². The number of aliphatic hydroxyl groups is 3. The van der Waals surface area contributed by atoms with Crippen molar-refractivity contribution in [2.24, 2.45) is 33.9 Å². The zero-order chi connectivity index (χ0) is 69.0. The van der Waals surface area contributed by atoms with Crippen molar-refractivity contribution in [3.05, 3.63) is 240 Å². The summed E-state index contributed by atoms with van der Waals surface area (Å²) in [7, 11) is 0. The van der Waals surface area contributed by atoms with Gasteiger partial charge in [-0.05, 0) is 41.1 Å². The minimum absolute atomic E-state index is 0.138. The molecular formula is C59H67N17O18. The maximum absolute atomic E-state index is 12.8. The lowest BCUT2D eigenvalue weighted by atomic mass is 9.79. The van der Waals surface area contributed by atoms with Crippen LogP contribution in [0.5, 0.6) is 0 Å². The van der Waals surface area contributed by atoms with Gasteiger partial charge in [0.25, 0.3) is 16.7 Å². The molecule has 4 fully saturated rings. The molecule has 9 heterocycles. The first-order chi connectivity index (χ1) is 45.0. The molecule has 0 bridgehead atoms. The van der Waals surface area contributed by atoms with Gasteiger partial charge in [0.2, 0.25) is 0 Å². The second kappa shape index (κ2) is 33.0. The van der Waals surface area contributed by atoms with Crippen molar-refractivity contribution in [2.75, 3.05) is 6.61 Å². The number of rotatable bonds is 13. The second-order valence-electron chi connectivity index (χ2n) is 21.6. The molecule has 5 aromatic heterocycles. The predicted octanol–water partition coefficient (Wildman–Crippen LogP) is 3.31. The van der Waals surface area contributed by atoms with E-state index in [9.17, 15) is 49.3 Å². The minimum Gasteiger partial charge on any atom is -0.472 e. The molecule has 4 aliphatic rings. The molecule has 0 aliphatic carbocycles. The lowest BCUT2D eigenvalue weighted by Gasteiger charge is -2.30. The third-order valence-electron chi connectivity index (χ3n) is 16.0. The van der Waals surface area contributed by atoms with Crippen LogP contribution in [0.3, 0.4) is 0 Å². The molecule has 15 atom stereocenters. The Hall–Kier alpha value is -10.8. The van der Waals surface area contributed by atoms with Crippen LogP contribution in [0.4, 0.5) is 0 Å². The Bertz CT molecular complexity index is 4290. The standard InChI is InChI=1S/C20H22N8O2.C17H19N5O3.C10H14N2O5.C10H12N2O4.2CO2/c1-3-10-20(25-26-21)17(15-7-5-4-6-8-15)14(2)18(30-20)27-11-9-16(24-19(27)29)28-13-22-12-23-28;1-3-17(20-21-18)14(12-7-5-4-6-8-12)11(2)15(25-17)22-10-9-13(23)19-16(22)24;1-5-8(15)6(4-13)17-9(5)12-3-2-7(14)11-10(12)16;1-5-8(14)6(2)16-9(5)12-4-3-7(13)11-10(12)15;2*2-1-3/h4-9,11-14,17-18H,3,10H2,1-2H3;4-11,14-15H,3H2,1-2H3,(H,19,23,24);2-3,5-6,8-9,13,15H,4H2,1H3,(H,11,14,16);3-5,8-9,14H,2H2,1H3,(H,11,13,15);;/t14-,17+,18+,20+;11-,14+,15+,17+;5-,6+,8-,9+;5-,8-,9+;;/m0000../s1. The van der Waals surface area contributed by atoms with Gasteiger partial charge >= 0.3 is 35.1 Å². The van der Waals surface area contributed by atoms with Crippen molar-refractivity contribution >= 4 is 12.3 Å². The average molecular weight is 1300 g/mol. The van der Waals surface area contributed by atoms with Gasteiger partial charge in [-0.1, -0.05) is 125 Å². The molecule has 35 nitrogen and oxygen atoms in total. The van der Waals surface area contributed by atoms with Gasteiger partial charge < -0.3 is 34.3 Å². The van der Waals surface area contributed by atoms with Gasteiger partial charge in [0, 0.05) is 88.3 Å². The molecule has 0 saturated carbocycles. The van der Waals surface area contributed by atoms with Gasteiger partial charge in [0.1, 0.15) is 49.3 Å². The van der Waals surface area contributed by atoms with Crippen LogP contribution in [0, 0.1) is 23.7 Å². The molecule has 2 aromatic carbocycles. The fourth-order valence-electron chi connectivity index (χ4n) is 11.7. The summed E-state index contributed by atoms with van der Waals surface area (Å²) in [6, 6.07) is 24.9.